The minimum absolute atomic E-state index is 0.135. The first-order valence-electron chi connectivity index (χ1n) is 6.28. The van der Waals surface area contributed by atoms with Gasteiger partial charge in [0.1, 0.15) is 17.6 Å². The molecule has 0 bridgehead atoms. The molecule has 2 aromatic rings. The molecule has 0 spiro atoms. The van der Waals surface area contributed by atoms with E-state index < -0.39 is 0 Å². The predicted molar refractivity (Wildman–Crippen MR) is 74.7 cm³/mol. The number of benzene rings is 2. The molecule has 0 saturated heterocycles. The van der Waals surface area contributed by atoms with Crippen LogP contribution in [-0.2, 0) is 0 Å². The molecule has 4 heteroatoms. The Labute approximate surface area is 116 Å². The van der Waals surface area contributed by atoms with Gasteiger partial charge in [0.25, 0.3) is 0 Å². The van der Waals surface area contributed by atoms with E-state index in [9.17, 15) is 5.11 Å². The Kier molecular flexibility index (Phi) is 3.10. The molecule has 1 atom stereocenters. The van der Waals surface area contributed by atoms with Gasteiger partial charge in [0.05, 0.1) is 5.71 Å². The van der Waals surface area contributed by atoms with Crippen LogP contribution >= 0.6 is 0 Å². The Balaban J connectivity index is 2.04. The van der Waals surface area contributed by atoms with Crippen LogP contribution in [0, 0.1) is 11.5 Å². The van der Waals surface area contributed by atoms with Crippen LogP contribution in [0.4, 0.5) is 0 Å². The summed E-state index contributed by atoms with van der Waals surface area (Å²) in [6, 6.07) is 14.7. The SMILES string of the molecule is N#C/N=C1\CC(c2ccccc2)Oc2ccc(O)cc21. The number of aliphatic imine (C=N–C) groups is 1. The van der Waals surface area contributed by atoms with Gasteiger partial charge < -0.3 is 9.84 Å². The number of phenols is 1. The number of rotatable bonds is 1. The Bertz CT molecular complexity index is 702. The monoisotopic (exact) mass is 264 g/mol. The fourth-order valence-electron chi connectivity index (χ4n) is 2.35. The predicted octanol–water partition coefficient (Wildman–Crippen LogP) is 3.19. The van der Waals surface area contributed by atoms with Crippen molar-refractivity contribution >= 4 is 5.71 Å². The molecule has 0 saturated carbocycles. The van der Waals surface area contributed by atoms with Crippen molar-refractivity contribution in [2.75, 3.05) is 0 Å². The van der Waals surface area contributed by atoms with Gasteiger partial charge in [-0.15, -0.1) is 0 Å². The first kappa shape index (κ1) is 12.2. The molecule has 3 rings (SSSR count). The van der Waals surface area contributed by atoms with Crippen LogP contribution in [0.25, 0.3) is 0 Å². The van der Waals surface area contributed by atoms with Crippen molar-refractivity contribution in [1.82, 2.24) is 0 Å². The average molecular weight is 264 g/mol. The van der Waals surface area contributed by atoms with Crippen LogP contribution in [0.5, 0.6) is 11.5 Å². The second-order valence-corrected chi connectivity index (χ2v) is 4.56. The lowest BCUT2D eigenvalue weighted by molar-refractivity contribution is 0.206. The molecule has 4 nitrogen and oxygen atoms in total. The van der Waals surface area contributed by atoms with Crippen LogP contribution < -0.4 is 4.74 Å². The van der Waals surface area contributed by atoms with Crippen molar-refractivity contribution in [3.63, 3.8) is 0 Å². The van der Waals surface area contributed by atoms with E-state index in [1.54, 1.807) is 18.2 Å². The highest BCUT2D eigenvalue weighted by molar-refractivity contribution is 6.04. The zero-order valence-electron chi connectivity index (χ0n) is 10.7. The number of nitrogens with zero attached hydrogens (tertiary/aromatic N) is 2. The van der Waals surface area contributed by atoms with Gasteiger partial charge in [0.2, 0.25) is 6.19 Å². The number of nitriles is 1. The van der Waals surface area contributed by atoms with E-state index in [0.717, 1.165) is 5.56 Å². The van der Waals surface area contributed by atoms with Crippen molar-refractivity contribution < 1.29 is 9.84 Å². The van der Waals surface area contributed by atoms with Crippen molar-refractivity contribution in [3.05, 3.63) is 59.7 Å². The van der Waals surface area contributed by atoms with E-state index in [-0.39, 0.29) is 11.9 Å². The van der Waals surface area contributed by atoms with Crippen molar-refractivity contribution in [3.8, 4) is 17.7 Å². The van der Waals surface area contributed by atoms with Gasteiger partial charge in [0.15, 0.2) is 0 Å². The van der Waals surface area contributed by atoms with Crippen molar-refractivity contribution in [2.45, 2.75) is 12.5 Å². The van der Waals surface area contributed by atoms with Crippen molar-refractivity contribution in [2.24, 2.45) is 4.99 Å². The highest BCUT2D eigenvalue weighted by Gasteiger charge is 2.26. The Morgan fingerprint density at radius 2 is 2.00 bits per heavy atom. The van der Waals surface area contributed by atoms with Crippen LogP contribution in [0.15, 0.2) is 53.5 Å². The lowest BCUT2D eigenvalue weighted by Gasteiger charge is -2.27. The minimum atomic E-state index is -0.166. The second kappa shape index (κ2) is 5.06. The fourth-order valence-corrected chi connectivity index (χ4v) is 2.35. The van der Waals surface area contributed by atoms with Gasteiger partial charge in [-0.05, 0) is 23.8 Å². The molecule has 0 fully saturated rings. The maximum Gasteiger partial charge on any atom is 0.205 e. The molecule has 0 aliphatic carbocycles. The third-order valence-corrected chi connectivity index (χ3v) is 3.28. The fraction of sp³-hybridized carbons (Fsp3) is 0.125. The zero-order chi connectivity index (χ0) is 13.9. The van der Waals surface area contributed by atoms with E-state index in [1.165, 1.54) is 0 Å². The molecule has 1 N–H and O–H groups in total. The minimum Gasteiger partial charge on any atom is -0.508 e. The molecule has 0 aromatic heterocycles. The Hall–Kier alpha value is -2.80. The molecule has 98 valence electrons. The number of hydrogen-bond donors (Lipinski definition) is 1. The summed E-state index contributed by atoms with van der Waals surface area (Å²) in [6.07, 6.45) is 2.16. The molecule has 1 unspecified atom stereocenters. The van der Waals surface area contributed by atoms with E-state index in [4.69, 9.17) is 10.00 Å². The average Bonchev–Trinajstić information content (AvgIpc) is 2.49. The van der Waals surface area contributed by atoms with Gasteiger partial charge >= 0.3 is 0 Å². The summed E-state index contributed by atoms with van der Waals surface area (Å²) >= 11 is 0. The van der Waals surface area contributed by atoms with Gasteiger partial charge in [-0.1, -0.05) is 30.3 Å². The summed E-state index contributed by atoms with van der Waals surface area (Å²) in [5, 5.41) is 18.4. The number of aromatic hydroxyl groups is 1. The normalized spacial score (nSPS) is 18.9. The van der Waals surface area contributed by atoms with E-state index in [1.807, 2.05) is 36.5 Å². The standard InChI is InChI=1S/C16H12N2O2/c17-10-18-14-9-16(11-4-2-1-3-5-11)20-15-7-6-12(19)8-13(14)15/h1-8,16,19H,9H2/b18-14+. The smallest absolute Gasteiger partial charge is 0.205 e. The molecular weight excluding hydrogens is 252 g/mol. The largest absolute Gasteiger partial charge is 0.508 e. The van der Waals surface area contributed by atoms with Crippen LogP contribution in [0.1, 0.15) is 23.7 Å². The molecular formula is C16H12N2O2. The van der Waals surface area contributed by atoms with Crippen molar-refractivity contribution in [1.29, 1.82) is 5.26 Å². The maximum absolute atomic E-state index is 9.56. The molecule has 2 aromatic carbocycles. The van der Waals surface area contributed by atoms with Gasteiger partial charge in [-0.2, -0.15) is 10.3 Å². The molecule has 20 heavy (non-hydrogen) atoms. The quantitative estimate of drug-likeness (QED) is 0.804. The number of phenolic OH excluding ortho intramolecular Hbond substituents is 1. The molecule has 0 amide bonds. The molecule has 0 radical (unpaired) electrons. The Morgan fingerprint density at radius 3 is 2.75 bits per heavy atom. The number of ether oxygens (including phenoxy) is 1. The number of fused-ring (bicyclic) bond motifs is 1. The number of hydrogen-bond acceptors (Lipinski definition) is 4. The lowest BCUT2D eigenvalue weighted by Crippen LogP contribution is -2.20. The van der Waals surface area contributed by atoms with Gasteiger partial charge in [-0.25, -0.2) is 0 Å². The highest BCUT2D eigenvalue weighted by atomic mass is 16.5. The summed E-state index contributed by atoms with van der Waals surface area (Å²) in [6.45, 7) is 0. The summed E-state index contributed by atoms with van der Waals surface area (Å²) in [4.78, 5) is 3.87. The van der Waals surface area contributed by atoms with Crippen LogP contribution in [0.2, 0.25) is 0 Å². The zero-order valence-corrected chi connectivity index (χ0v) is 10.7. The van der Waals surface area contributed by atoms with Crippen LogP contribution in [0.3, 0.4) is 0 Å². The third-order valence-electron chi connectivity index (χ3n) is 3.28. The summed E-state index contributed by atoms with van der Waals surface area (Å²) in [5.74, 6) is 0.771. The molecule has 1 heterocycles. The third kappa shape index (κ3) is 2.21. The molecule has 1 aliphatic rings. The lowest BCUT2D eigenvalue weighted by atomic mass is 9.95. The maximum atomic E-state index is 9.56. The van der Waals surface area contributed by atoms with E-state index in [2.05, 4.69) is 4.99 Å². The van der Waals surface area contributed by atoms with Gasteiger partial charge in [0, 0.05) is 12.0 Å². The molecule has 1 aliphatic heterocycles. The van der Waals surface area contributed by atoms with E-state index >= 15 is 0 Å². The van der Waals surface area contributed by atoms with E-state index in [0.29, 0.717) is 23.4 Å². The van der Waals surface area contributed by atoms with Crippen LogP contribution in [-0.4, -0.2) is 10.8 Å². The topological polar surface area (TPSA) is 65.6 Å². The van der Waals surface area contributed by atoms with Gasteiger partial charge in [-0.3, -0.25) is 0 Å². The Morgan fingerprint density at radius 1 is 1.20 bits per heavy atom. The first-order valence-corrected chi connectivity index (χ1v) is 6.28. The summed E-state index contributed by atoms with van der Waals surface area (Å²) < 4.78 is 5.95. The highest BCUT2D eigenvalue weighted by Crippen LogP contribution is 2.36. The summed E-state index contributed by atoms with van der Waals surface area (Å²) in [5.41, 5.74) is 2.36. The second-order valence-electron chi connectivity index (χ2n) is 4.56. The first-order chi connectivity index (χ1) is 9.78. The summed E-state index contributed by atoms with van der Waals surface area (Å²) in [7, 11) is 0.